The molecule has 10 N–H and O–H groups in total. The second-order valence-corrected chi connectivity index (χ2v) is 14.7. The Hall–Kier alpha value is -3.11. The van der Waals surface area contributed by atoms with Crippen LogP contribution in [0.2, 0.25) is 0 Å². The van der Waals surface area contributed by atoms with Gasteiger partial charge >= 0.3 is 7.60 Å². The summed E-state index contributed by atoms with van der Waals surface area (Å²) < 4.78 is 32.7. The van der Waals surface area contributed by atoms with Crippen molar-refractivity contribution in [3.8, 4) is 0 Å². The van der Waals surface area contributed by atoms with Crippen LogP contribution in [-0.2, 0) is 65.1 Å². The van der Waals surface area contributed by atoms with E-state index in [2.05, 4.69) is 30.9 Å². The summed E-state index contributed by atoms with van der Waals surface area (Å²) in [6.45, 7) is 2.64. The Labute approximate surface area is 322 Å². The number of benzene rings is 1. The fourth-order valence-electron chi connectivity index (χ4n) is 5.68. The molecular weight excluding hydrogens is 745 g/mol. The van der Waals surface area contributed by atoms with Gasteiger partial charge in [0.2, 0.25) is 23.6 Å². The van der Waals surface area contributed by atoms with E-state index in [1.54, 1.807) is 0 Å². The average molecular weight is 806 g/mol. The maximum Gasteiger partial charge on any atom is 0.325 e. The zero-order valence-corrected chi connectivity index (χ0v) is 32.5. The van der Waals surface area contributed by atoms with Crippen LogP contribution in [-0.4, -0.2) is 150 Å². The summed E-state index contributed by atoms with van der Waals surface area (Å²) in [6.07, 6.45) is 1.94. The number of carbonyl (C=O) groups excluding carboxylic acids is 4. The monoisotopic (exact) mass is 805 g/mol. The summed E-state index contributed by atoms with van der Waals surface area (Å²) in [4.78, 5) is 72.6. The van der Waals surface area contributed by atoms with Gasteiger partial charge in [-0.3, -0.25) is 28.6 Å². The first-order valence-corrected chi connectivity index (χ1v) is 20.3. The number of nitrogens with zero attached hydrogens (tertiary/aromatic N) is 1. The molecule has 1 saturated carbocycles. The maximum atomic E-state index is 13.7. The molecule has 1 aliphatic carbocycles. The third kappa shape index (κ3) is 22.3. The van der Waals surface area contributed by atoms with Gasteiger partial charge in [0.05, 0.1) is 84.7 Å². The van der Waals surface area contributed by atoms with Gasteiger partial charge in [0.15, 0.2) is 0 Å². The number of amides is 4. The Morgan fingerprint density at radius 3 is 1.78 bits per heavy atom. The lowest BCUT2D eigenvalue weighted by Gasteiger charge is -2.30. The molecule has 0 heterocycles. The Morgan fingerprint density at radius 1 is 0.764 bits per heavy atom. The van der Waals surface area contributed by atoms with Crippen molar-refractivity contribution in [1.29, 1.82) is 0 Å². The van der Waals surface area contributed by atoms with Gasteiger partial charge in [-0.2, -0.15) is 0 Å². The van der Waals surface area contributed by atoms with Crippen molar-refractivity contribution in [2.75, 3.05) is 98.9 Å². The Bertz CT molecular complexity index is 1270. The van der Waals surface area contributed by atoms with Crippen molar-refractivity contribution in [3.63, 3.8) is 0 Å². The van der Waals surface area contributed by atoms with Gasteiger partial charge in [0, 0.05) is 38.8 Å². The van der Waals surface area contributed by atoms with E-state index in [1.807, 2.05) is 24.3 Å². The third-order valence-electron chi connectivity index (χ3n) is 8.35. The second kappa shape index (κ2) is 28.3. The van der Waals surface area contributed by atoms with E-state index in [4.69, 9.17) is 35.6 Å². The van der Waals surface area contributed by atoms with Crippen LogP contribution in [0.15, 0.2) is 24.3 Å². The molecule has 1 fully saturated rings. The molecule has 0 spiro atoms. The highest BCUT2D eigenvalue weighted by molar-refractivity contribution is 7.51. The molecule has 0 aromatic heterocycles. The fraction of sp³-hybridized carbons (Fsp3) is 0.706. The van der Waals surface area contributed by atoms with Gasteiger partial charge in [0.1, 0.15) is 0 Å². The topological polar surface area (TPSA) is 285 Å². The molecule has 0 radical (unpaired) electrons. The van der Waals surface area contributed by atoms with E-state index in [-0.39, 0.29) is 123 Å². The standard InChI is InChI=1S/C34H60N7O13P/c1-55(47,48)54-29-8-6-28(7-9-29)33(45)40-23-27-4-2-26(3-5-27)22-30(34(46)39-12-16-49-17-13-42)41(24-31(43)37-10-14-50-18-20-52-35)25-32(44)38-11-15-51-19-21-53-36/h2-5,28-30,42H,6-25,35-36H2,1H3,(H,37,43)(H,38,44)(H,39,46)(H,40,45)(H,47,48)/t28?,29?,30-/m1/s1. The van der Waals surface area contributed by atoms with E-state index in [9.17, 15) is 28.6 Å². The predicted octanol–water partition coefficient (Wildman–Crippen LogP) is -1.92. The summed E-state index contributed by atoms with van der Waals surface area (Å²) in [5.41, 5.74) is 1.55. The molecule has 1 aromatic carbocycles. The van der Waals surface area contributed by atoms with Crippen LogP contribution in [0.4, 0.5) is 0 Å². The van der Waals surface area contributed by atoms with Gasteiger partial charge in [-0.1, -0.05) is 24.3 Å². The minimum Gasteiger partial charge on any atom is -0.394 e. The zero-order valence-electron chi connectivity index (χ0n) is 31.6. The summed E-state index contributed by atoms with van der Waals surface area (Å²) in [5.74, 6) is 8.34. The summed E-state index contributed by atoms with van der Waals surface area (Å²) >= 11 is 0. The minimum absolute atomic E-state index is 0.105. The molecule has 20 nitrogen and oxygen atoms in total. The number of nitrogens with two attached hydrogens (primary N) is 2. The maximum absolute atomic E-state index is 13.7. The van der Waals surface area contributed by atoms with Crippen molar-refractivity contribution in [3.05, 3.63) is 35.4 Å². The summed E-state index contributed by atoms with van der Waals surface area (Å²) in [7, 11) is -3.59. The zero-order chi connectivity index (χ0) is 40.3. The highest BCUT2D eigenvalue weighted by atomic mass is 31.2. The highest BCUT2D eigenvalue weighted by Gasteiger charge is 2.31. The van der Waals surface area contributed by atoms with Crippen LogP contribution in [0.25, 0.3) is 0 Å². The van der Waals surface area contributed by atoms with Crippen LogP contribution in [0.3, 0.4) is 0 Å². The molecule has 2 rings (SSSR count). The lowest BCUT2D eigenvalue weighted by Crippen LogP contribution is -2.54. The predicted molar refractivity (Wildman–Crippen MR) is 199 cm³/mol. The van der Waals surface area contributed by atoms with Crippen molar-refractivity contribution in [2.24, 2.45) is 17.7 Å². The van der Waals surface area contributed by atoms with Crippen LogP contribution >= 0.6 is 7.60 Å². The molecule has 0 aliphatic heterocycles. The fourth-order valence-corrected chi connectivity index (χ4v) is 6.44. The van der Waals surface area contributed by atoms with Crippen LogP contribution in [0.5, 0.6) is 0 Å². The molecule has 1 unspecified atom stereocenters. The summed E-state index contributed by atoms with van der Waals surface area (Å²) in [5, 5.41) is 20.2. The molecule has 0 bridgehead atoms. The van der Waals surface area contributed by atoms with Gasteiger partial charge < -0.3 is 59.7 Å². The molecule has 1 aromatic rings. The van der Waals surface area contributed by atoms with Crippen LogP contribution in [0, 0.1) is 5.92 Å². The normalized spacial score (nSPS) is 17.3. The molecule has 2 atom stereocenters. The number of hydrogen-bond donors (Lipinski definition) is 8. The summed E-state index contributed by atoms with van der Waals surface area (Å²) in [6, 6.07) is 6.31. The lowest BCUT2D eigenvalue weighted by molar-refractivity contribution is -0.132. The number of carbonyl (C=O) groups is 4. The Kier molecular flexibility index (Phi) is 24.7. The number of nitrogens with one attached hydrogen (secondary N) is 4. The molecule has 55 heavy (non-hydrogen) atoms. The molecule has 21 heteroatoms. The first-order chi connectivity index (χ1) is 26.4. The van der Waals surface area contributed by atoms with Gasteiger partial charge in [-0.15, -0.1) is 0 Å². The molecule has 314 valence electrons. The Morgan fingerprint density at radius 2 is 1.27 bits per heavy atom. The van der Waals surface area contributed by atoms with Crippen molar-refractivity contribution < 1.29 is 62.2 Å². The first kappa shape index (κ1) is 48.0. The number of hydrogen-bond acceptors (Lipinski definition) is 15. The largest absolute Gasteiger partial charge is 0.394 e. The second-order valence-electron chi connectivity index (χ2n) is 12.8. The van der Waals surface area contributed by atoms with Crippen molar-refractivity contribution >= 4 is 31.2 Å². The van der Waals surface area contributed by atoms with Gasteiger partial charge in [-0.05, 0) is 43.2 Å². The number of rotatable bonds is 30. The van der Waals surface area contributed by atoms with Crippen molar-refractivity contribution in [1.82, 2.24) is 26.2 Å². The van der Waals surface area contributed by atoms with E-state index < -0.39 is 31.4 Å². The van der Waals surface area contributed by atoms with E-state index in [0.29, 0.717) is 25.7 Å². The third-order valence-corrected chi connectivity index (χ3v) is 9.04. The average Bonchev–Trinajstić information content (AvgIpc) is 3.15. The molecular formula is C34H60N7O13P. The van der Waals surface area contributed by atoms with Crippen LogP contribution in [0.1, 0.15) is 36.8 Å². The number of aliphatic hydroxyl groups excluding tert-OH is 1. The van der Waals surface area contributed by atoms with Crippen molar-refractivity contribution in [2.45, 2.75) is 50.8 Å². The lowest BCUT2D eigenvalue weighted by atomic mass is 9.87. The van der Waals surface area contributed by atoms with Crippen LogP contribution < -0.4 is 33.1 Å². The van der Waals surface area contributed by atoms with Gasteiger partial charge in [0.25, 0.3) is 0 Å². The molecule has 4 amide bonds. The minimum atomic E-state index is -3.59. The van der Waals surface area contributed by atoms with E-state index >= 15 is 0 Å². The first-order valence-electron chi connectivity index (χ1n) is 18.3. The highest BCUT2D eigenvalue weighted by Crippen LogP contribution is 2.42. The van der Waals surface area contributed by atoms with E-state index in [0.717, 1.165) is 17.8 Å². The van der Waals surface area contributed by atoms with E-state index in [1.165, 1.54) is 4.90 Å². The molecule has 0 saturated heterocycles. The SMILES string of the molecule is CP(=O)(O)OC1CCC(C(=O)NCc2ccc(C[C@H](C(=O)NCCOCCO)N(CC(=O)NCCOCCON)CC(=O)NCCOCCON)cc2)CC1. The smallest absolute Gasteiger partial charge is 0.325 e. The number of ether oxygens (including phenoxy) is 3. The molecule has 1 aliphatic rings. The Balaban J connectivity index is 2.12. The quantitative estimate of drug-likeness (QED) is 0.0239. The number of aliphatic hydroxyl groups is 1. The van der Waals surface area contributed by atoms with Gasteiger partial charge in [-0.25, -0.2) is 11.8 Å².